The number of carbonyl (C=O) groups is 1. The molecule has 25 heavy (non-hydrogen) atoms. The van der Waals surface area contributed by atoms with E-state index >= 15 is 0 Å². The van der Waals surface area contributed by atoms with Crippen molar-refractivity contribution in [1.82, 2.24) is 5.43 Å². The summed E-state index contributed by atoms with van der Waals surface area (Å²) in [5.41, 5.74) is 4.58. The van der Waals surface area contributed by atoms with E-state index in [4.69, 9.17) is 5.10 Å². The molecule has 140 valence electrons. The predicted molar refractivity (Wildman–Crippen MR) is 102 cm³/mol. The van der Waals surface area contributed by atoms with Gasteiger partial charge in [-0.1, -0.05) is 39.0 Å². The number of nitrogens with one attached hydrogen (secondary N) is 1. The second-order valence-electron chi connectivity index (χ2n) is 9.69. The Kier molecular flexibility index (Phi) is 5.20. The van der Waals surface area contributed by atoms with E-state index in [9.17, 15) is 4.79 Å². The number of carbonyl (C=O) groups excluding carboxylic acids is 1. The van der Waals surface area contributed by atoms with Crippen molar-refractivity contribution in [2.24, 2.45) is 34.2 Å². The van der Waals surface area contributed by atoms with Crippen LogP contribution in [0.3, 0.4) is 0 Å². The highest BCUT2D eigenvalue weighted by atomic mass is 16.2. The van der Waals surface area contributed by atoms with Gasteiger partial charge in [0.25, 0.3) is 0 Å². The molecule has 1 amide bonds. The number of rotatable bonds is 6. The Morgan fingerprint density at radius 3 is 2.16 bits per heavy atom. The lowest BCUT2D eigenvalue weighted by atomic mass is 9.48. The van der Waals surface area contributed by atoms with Gasteiger partial charge >= 0.3 is 0 Å². The maximum absolute atomic E-state index is 12.3. The van der Waals surface area contributed by atoms with E-state index < -0.39 is 0 Å². The van der Waals surface area contributed by atoms with Crippen molar-refractivity contribution in [1.29, 1.82) is 0 Å². The van der Waals surface area contributed by atoms with Crippen molar-refractivity contribution < 1.29 is 4.79 Å². The summed E-state index contributed by atoms with van der Waals surface area (Å²) >= 11 is 0. The van der Waals surface area contributed by atoms with E-state index in [0.717, 1.165) is 36.5 Å². The number of hydrogen-bond acceptors (Lipinski definition) is 2. The van der Waals surface area contributed by atoms with Crippen LogP contribution in [0.1, 0.15) is 96.8 Å². The number of hydrogen-bond donors (Lipinski definition) is 1. The Morgan fingerprint density at radius 2 is 1.60 bits per heavy atom. The molecular formula is C22H36N2O. The van der Waals surface area contributed by atoms with E-state index in [1.54, 1.807) is 0 Å². The molecule has 5 rings (SSSR count). The van der Waals surface area contributed by atoms with Crippen molar-refractivity contribution in [2.75, 3.05) is 0 Å². The van der Waals surface area contributed by atoms with Crippen molar-refractivity contribution in [3.63, 3.8) is 0 Å². The van der Waals surface area contributed by atoms with Crippen LogP contribution < -0.4 is 5.43 Å². The third-order valence-electron chi connectivity index (χ3n) is 7.81. The van der Waals surface area contributed by atoms with Crippen molar-refractivity contribution in [2.45, 2.75) is 96.8 Å². The molecule has 3 nitrogen and oxygen atoms in total. The highest BCUT2D eigenvalue weighted by molar-refractivity contribution is 5.91. The molecule has 5 aliphatic carbocycles. The number of amides is 1. The standard InChI is InChI=1S/C22H36N2O/c1-2-20(22-13-17-10-18(14-22)12-19(11-17)15-22)23-24-21(25)9-8-16-6-4-3-5-7-16/h16-19H,2-15H2,1H3,(H,24,25)/b23-20+. The summed E-state index contributed by atoms with van der Waals surface area (Å²) in [5.74, 6) is 3.72. The van der Waals surface area contributed by atoms with E-state index in [2.05, 4.69) is 12.3 Å². The maximum atomic E-state index is 12.3. The Bertz CT molecular complexity index is 483. The summed E-state index contributed by atoms with van der Waals surface area (Å²) in [7, 11) is 0. The quantitative estimate of drug-likeness (QED) is 0.505. The Hall–Kier alpha value is -0.860. The summed E-state index contributed by atoms with van der Waals surface area (Å²) in [6.45, 7) is 2.23. The van der Waals surface area contributed by atoms with E-state index in [1.807, 2.05) is 0 Å². The third kappa shape index (κ3) is 3.80. The van der Waals surface area contributed by atoms with Gasteiger partial charge in [0.15, 0.2) is 0 Å². The van der Waals surface area contributed by atoms with Gasteiger partial charge < -0.3 is 0 Å². The van der Waals surface area contributed by atoms with Crippen LogP contribution in [0.25, 0.3) is 0 Å². The molecule has 5 aliphatic rings. The molecule has 4 bridgehead atoms. The molecule has 0 spiro atoms. The van der Waals surface area contributed by atoms with Gasteiger partial charge in [-0.2, -0.15) is 5.10 Å². The SMILES string of the molecule is CC/C(=N\NC(=O)CCC1CCCCC1)C12CC3CC(CC(C3)C1)C2. The first kappa shape index (κ1) is 17.5. The van der Waals surface area contributed by atoms with Crippen LogP contribution in [-0.2, 0) is 4.79 Å². The first-order chi connectivity index (χ1) is 12.2. The second-order valence-corrected chi connectivity index (χ2v) is 9.69. The fraction of sp³-hybridized carbons (Fsp3) is 0.909. The Morgan fingerprint density at radius 1 is 1.00 bits per heavy atom. The summed E-state index contributed by atoms with van der Waals surface area (Å²) in [5, 5.41) is 4.71. The van der Waals surface area contributed by atoms with Gasteiger partial charge in [0.05, 0.1) is 0 Å². The lowest BCUT2D eigenvalue weighted by Crippen LogP contribution is -2.50. The van der Waals surface area contributed by atoms with Crippen molar-refractivity contribution in [3.8, 4) is 0 Å². The first-order valence-electron chi connectivity index (χ1n) is 11.0. The normalized spacial score (nSPS) is 38.1. The predicted octanol–water partition coefficient (Wildman–Crippen LogP) is 5.45. The zero-order valence-corrected chi connectivity index (χ0v) is 16.1. The van der Waals surface area contributed by atoms with Gasteiger partial charge in [-0.05, 0) is 75.0 Å². The van der Waals surface area contributed by atoms with Crippen LogP contribution in [0.4, 0.5) is 0 Å². The van der Waals surface area contributed by atoms with Gasteiger partial charge in [-0.25, -0.2) is 5.43 Å². The summed E-state index contributed by atoms with van der Waals surface area (Å²) < 4.78 is 0. The van der Waals surface area contributed by atoms with Gasteiger partial charge in [0.2, 0.25) is 5.91 Å². The van der Waals surface area contributed by atoms with Crippen molar-refractivity contribution >= 4 is 11.6 Å². The molecule has 1 N–H and O–H groups in total. The molecule has 0 saturated heterocycles. The van der Waals surface area contributed by atoms with E-state index in [0.29, 0.717) is 11.8 Å². The van der Waals surface area contributed by atoms with Gasteiger partial charge in [0.1, 0.15) is 0 Å². The lowest BCUT2D eigenvalue weighted by molar-refractivity contribution is -0.121. The van der Waals surface area contributed by atoms with Gasteiger partial charge in [-0.3, -0.25) is 4.79 Å². The smallest absolute Gasteiger partial charge is 0.240 e. The Balaban J connectivity index is 1.33. The van der Waals surface area contributed by atoms with Crippen LogP contribution in [0.15, 0.2) is 5.10 Å². The minimum atomic E-state index is 0.140. The lowest BCUT2D eigenvalue weighted by Gasteiger charge is -2.57. The fourth-order valence-corrected chi connectivity index (χ4v) is 7.03. The molecule has 0 aromatic rings. The third-order valence-corrected chi connectivity index (χ3v) is 7.81. The van der Waals surface area contributed by atoms with Crippen LogP contribution in [0.5, 0.6) is 0 Å². The van der Waals surface area contributed by atoms with E-state index in [1.165, 1.54) is 76.3 Å². The first-order valence-corrected chi connectivity index (χ1v) is 11.0. The molecule has 5 fully saturated rings. The highest BCUT2D eigenvalue weighted by Crippen LogP contribution is 2.60. The minimum Gasteiger partial charge on any atom is -0.273 e. The van der Waals surface area contributed by atoms with Crippen LogP contribution in [0.2, 0.25) is 0 Å². The van der Waals surface area contributed by atoms with Gasteiger partial charge in [-0.15, -0.1) is 0 Å². The fourth-order valence-electron chi connectivity index (χ4n) is 7.03. The zero-order valence-electron chi connectivity index (χ0n) is 16.1. The van der Waals surface area contributed by atoms with Crippen molar-refractivity contribution in [3.05, 3.63) is 0 Å². The topological polar surface area (TPSA) is 41.5 Å². The molecule has 0 radical (unpaired) electrons. The monoisotopic (exact) mass is 344 g/mol. The molecule has 0 atom stereocenters. The minimum absolute atomic E-state index is 0.140. The molecule has 0 aliphatic heterocycles. The molecule has 0 aromatic carbocycles. The molecule has 0 heterocycles. The summed E-state index contributed by atoms with van der Waals surface area (Å²) in [4.78, 5) is 12.3. The number of nitrogens with zero attached hydrogens (tertiary/aromatic N) is 1. The molecular weight excluding hydrogens is 308 g/mol. The maximum Gasteiger partial charge on any atom is 0.240 e. The van der Waals surface area contributed by atoms with Crippen LogP contribution in [-0.4, -0.2) is 11.6 Å². The zero-order chi connectivity index (χ0) is 17.3. The second kappa shape index (κ2) is 7.40. The van der Waals surface area contributed by atoms with E-state index in [-0.39, 0.29) is 5.91 Å². The molecule has 0 unspecified atom stereocenters. The average molecular weight is 345 g/mol. The highest BCUT2D eigenvalue weighted by Gasteiger charge is 2.52. The summed E-state index contributed by atoms with van der Waals surface area (Å²) in [6, 6.07) is 0. The largest absolute Gasteiger partial charge is 0.273 e. The molecule has 5 saturated carbocycles. The Labute approximate surface area is 153 Å². The van der Waals surface area contributed by atoms with Crippen LogP contribution in [0, 0.1) is 29.1 Å². The molecule has 0 aromatic heterocycles. The van der Waals surface area contributed by atoms with Crippen LogP contribution >= 0.6 is 0 Å². The average Bonchev–Trinajstić information content (AvgIpc) is 2.60. The molecule has 3 heteroatoms. The summed E-state index contributed by atoms with van der Waals surface area (Å²) in [6.07, 6.45) is 17.9. The van der Waals surface area contributed by atoms with Gasteiger partial charge in [0, 0.05) is 17.5 Å². The number of hydrazone groups is 1.